The first kappa shape index (κ1) is 11.0. The van der Waals surface area contributed by atoms with E-state index in [1.807, 2.05) is 12.1 Å². The second kappa shape index (κ2) is 3.98. The van der Waals surface area contributed by atoms with Gasteiger partial charge < -0.3 is 4.74 Å². The Morgan fingerprint density at radius 1 is 1.41 bits per heavy atom. The Balaban J connectivity index is 1.92. The molecule has 0 saturated carbocycles. The van der Waals surface area contributed by atoms with Crippen LogP contribution in [0.1, 0.15) is 11.4 Å². The van der Waals surface area contributed by atoms with Crippen molar-refractivity contribution in [1.29, 1.82) is 0 Å². The minimum atomic E-state index is -0.374. The van der Waals surface area contributed by atoms with E-state index in [1.54, 1.807) is 6.07 Å². The molecule has 1 aromatic carbocycles. The Labute approximate surface area is 108 Å². The summed E-state index contributed by atoms with van der Waals surface area (Å²) in [7, 11) is 0. The van der Waals surface area contributed by atoms with Gasteiger partial charge in [0.05, 0.1) is 6.61 Å². The van der Waals surface area contributed by atoms with Crippen LogP contribution in [0, 0.1) is 0 Å². The highest BCUT2D eigenvalue weighted by atomic mass is 35.5. The van der Waals surface area contributed by atoms with Crippen LogP contribution in [-0.2, 0) is 16.8 Å². The molecule has 4 nitrogen and oxygen atoms in total. The lowest BCUT2D eigenvalue weighted by molar-refractivity contribution is 0.303. The van der Waals surface area contributed by atoms with Gasteiger partial charge in [0.15, 0.2) is 0 Å². The minimum Gasteiger partial charge on any atom is -0.364 e. The van der Waals surface area contributed by atoms with E-state index in [9.17, 15) is 0 Å². The molecule has 0 aliphatic carbocycles. The molecule has 1 aliphatic rings. The zero-order valence-electron chi connectivity index (χ0n) is 8.78. The topological polar surface area (TPSA) is 54.1 Å². The molecule has 0 radical (unpaired) electrons. The molecule has 1 fully saturated rings. The average molecular weight is 270 g/mol. The molecule has 1 aliphatic heterocycles. The summed E-state index contributed by atoms with van der Waals surface area (Å²) in [5, 5.41) is 7.88. The first-order valence-corrected chi connectivity index (χ1v) is 5.89. The van der Waals surface area contributed by atoms with Gasteiger partial charge in [-0.05, 0) is 12.1 Å². The van der Waals surface area contributed by atoms with Crippen molar-refractivity contribution < 1.29 is 4.74 Å². The molecule has 0 spiro atoms. The van der Waals surface area contributed by atoms with E-state index >= 15 is 0 Å². The fraction of sp³-hybridized carbons (Fsp3) is 0.273. The van der Waals surface area contributed by atoms with Gasteiger partial charge in [0.1, 0.15) is 17.8 Å². The fourth-order valence-corrected chi connectivity index (χ4v) is 2.47. The van der Waals surface area contributed by atoms with E-state index in [4.69, 9.17) is 27.9 Å². The summed E-state index contributed by atoms with van der Waals surface area (Å²) in [6.45, 7) is 0.634. The molecule has 1 N–H and O–H groups in total. The van der Waals surface area contributed by atoms with Gasteiger partial charge in [-0.3, -0.25) is 5.10 Å². The number of epoxide rings is 1. The van der Waals surface area contributed by atoms with Gasteiger partial charge >= 0.3 is 0 Å². The predicted molar refractivity (Wildman–Crippen MR) is 64.2 cm³/mol. The maximum atomic E-state index is 6.18. The Kier molecular flexibility index (Phi) is 2.58. The molecule has 17 heavy (non-hydrogen) atoms. The SMILES string of the molecule is Clc1ccc(C2(Cc3ncn[nH]3)CO2)c(Cl)c1. The third-order valence-corrected chi connectivity index (χ3v) is 3.38. The minimum absolute atomic E-state index is 0.374. The second-order valence-corrected chi connectivity index (χ2v) is 4.86. The van der Waals surface area contributed by atoms with E-state index in [1.165, 1.54) is 6.33 Å². The number of H-pyrrole nitrogens is 1. The Morgan fingerprint density at radius 3 is 2.82 bits per heavy atom. The van der Waals surface area contributed by atoms with Gasteiger partial charge in [-0.25, -0.2) is 4.98 Å². The molecular formula is C11H9Cl2N3O. The number of aromatic nitrogens is 3. The summed E-state index contributed by atoms with van der Waals surface area (Å²) >= 11 is 12.1. The van der Waals surface area contributed by atoms with Crippen LogP contribution < -0.4 is 0 Å². The average Bonchev–Trinajstić information content (AvgIpc) is 2.86. The van der Waals surface area contributed by atoms with Crippen LogP contribution >= 0.6 is 23.2 Å². The number of nitrogens with zero attached hydrogens (tertiary/aromatic N) is 2. The number of aromatic amines is 1. The van der Waals surface area contributed by atoms with Crippen LogP contribution in [0.15, 0.2) is 24.5 Å². The van der Waals surface area contributed by atoms with Crippen molar-refractivity contribution in [2.24, 2.45) is 0 Å². The number of ether oxygens (including phenoxy) is 1. The lowest BCUT2D eigenvalue weighted by atomic mass is 9.96. The monoisotopic (exact) mass is 269 g/mol. The van der Waals surface area contributed by atoms with Gasteiger partial charge in [-0.1, -0.05) is 29.3 Å². The quantitative estimate of drug-likeness (QED) is 0.872. The molecule has 2 aromatic rings. The van der Waals surface area contributed by atoms with Crippen LogP contribution in [0.25, 0.3) is 0 Å². The summed E-state index contributed by atoms with van der Waals surface area (Å²) in [5.74, 6) is 0.786. The number of halogens is 2. The fourth-order valence-electron chi connectivity index (χ4n) is 1.89. The summed E-state index contributed by atoms with van der Waals surface area (Å²) in [5.41, 5.74) is 0.571. The Hall–Kier alpha value is -1.10. The van der Waals surface area contributed by atoms with Gasteiger partial charge in [0.2, 0.25) is 0 Å². The summed E-state index contributed by atoms with van der Waals surface area (Å²) in [6, 6.07) is 5.43. The van der Waals surface area contributed by atoms with Crippen molar-refractivity contribution in [1.82, 2.24) is 15.2 Å². The molecule has 2 heterocycles. The van der Waals surface area contributed by atoms with Gasteiger partial charge in [-0.15, -0.1) is 0 Å². The maximum Gasteiger partial charge on any atom is 0.137 e. The second-order valence-electron chi connectivity index (χ2n) is 4.02. The lowest BCUT2D eigenvalue weighted by Crippen LogP contribution is -2.14. The summed E-state index contributed by atoms with van der Waals surface area (Å²) in [6.07, 6.45) is 2.11. The molecular weight excluding hydrogens is 261 g/mol. The highest BCUT2D eigenvalue weighted by Crippen LogP contribution is 2.44. The zero-order valence-corrected chi connectivity index (χ0v) is 10.3. The summed E-state index contributed by atoms with van der Waals surface area (Å²) in [4.78, 5) is 4.10. The first-order valence-electron chi connectivity index (χ1n) is 5.13. The molecule has 88 valence electrons. The number of nitrogens with one attached hydrogen (secondary N) is 1. The van der Waals surface area contributed by atoms with E-state index in [0.29, 0.717) is 23.1 Å². The number of hydrogen-bond donors (Lipinski definition) is 1. The third kappa shape index (κ3) is 2.04. The number of rotatable bonds is 3. The molecule has 0 amide bonds. The summed E-state index contributed by atoms with van der Waals surface area (Å²) < 4.78 is 5.56. The lowest BCUT2D eigenvalue weighted by Gasteiger charge is -2.12. The molecule has 6 heteroatoms. The Morgan fingerprint density at radius 2 is 2.24 bits per heavy atom. The molecule has 1 aromatic heterocycles. The van der Waals surface area contributed by atoms with Crippen LogP contribution in [-0.4, -0.2) is 21.8 Å². The largest absolute Gasteiger partial charge is 0.364 e. The molecule has 1 saturated heterocycles. The predicted octanol–water partition coefficient (Wildman–Crippen LogP) is 2.58. The molecule has 0 bridgehead atoms. The first-order chi connectivity index (χ1) is 8.20. The van der Waals surface area contributed by atoms with Crippen LogP contribution in [0.3, 0.4) is 0 Å². The molecule has 3 rings (SSSR count). The van der Waals surface area contributed by atoms with Crippen molar-refractivity contribution in [2.45, 2.75) is 12.0 Å². The van der Waals surface area contributed by atoms with Crippen LogP contribution in [0.2, 0.25) is 10.0 Å². The zero-order chi connectivity index (χ0) is 11.9. The van der Waals surface area contributed by atoms with E-state index in [2.05, 4.69) is 15.2 Å². The van der Waals surface area contributed by atoms with Gasteiger partial charge in [0, 0.05) is 22.0 Å². The molecule has 1 unspecified atom stereocenters. The van der Waals surface area contributed by atoms with Gasteiger partial charge in [-0.2, -0.15) is 5.10 Å². The van der Waals surface area contributed by atoms with Crippen molar-refractivity contribution in [3.8, 4) is 0 Å². The molecule has 1 atom stereocenters. The van der Waals surface area contributed by atoms with Crippen LogP contribution in [0.5, 0.6) is 0 Å². The maximum absolute atomic E-state index is 6.18. The highest BCUT2D eigenvalue weighted by Gasteiger charge is 2.48. The van der Waals surface area contributed by atoms with E-state index < -0.39 is 0 Å². The van der Waals surface area contributed by atoms with Crippen molar-refractivity contribution in [2.75, 3.05) is 6.61 Å². The smallest absolute Gasteiger partial charge is 0.137 e. The highest BCUT2D eigenvalue weighted by molar-refractivity contribution is 6.35. The van der Waals surface area contributed by atoms with Crippen molar-refractivity contribution in [3.05, 3.63) is 46.0 Å². The van der Waals surface area contributed by atoms with E-state index in [0.717, 1.165) is 11.4 Å². The van der Waals surface area contributed by atoms with Gasteiger partial charge in [0.25, 0.3) is 0 Å². The number of benzene rings is 1. The van der Waals surface area contributed by atoms with Crippen molar-refractivity contribution in [3.63, 3.8) is 0 Å². The number of hydrogen-bond acceptors (Lipinski definition) is 3. The standard InChI is InChI=1S/C11H9Cl2N3O/c12-7-1-2-8(9(13)3-7)11(5-17-11)4-10-14-6-15-16-10/h1-3,6H,4-5H2,(H,14,15,16). The third-order valence-electron chi connectivity index (χ3n) is 2.83. The normalized spacial score (nSPS) is 22.7. The van der Waals surface area contributed by atoms with Crippen molar-refractivity contribution >= 4 is 23.2 Å². The van der Waals surface area contributed by atoms with E-state index in [-0.39, 0.29) is 5.60 Å². The van der Waals surface area contributed by atoms with Crippen LogP contribution in [0.4, 0.5) is 0 Å². The Bertz CT molecular complexity index is 538.